The van der Waals surface area contributed by atoms with Crippen LogP contribution in [0.5, 0.6) is 11.5 Å². The van der Waals surface area contributed by atoms with Crippen molar-refractivity contribution in [2.24, 2.45) is 0 Å². The Bertz CT molecular complexity index is 575. The first-order valence-corrected chi connectivity index (χ1v) is 7.66. The molecule has 2 rings (SSSR count). The Balaban J connectivity index is 1.78. The Kier molecular flexibility index (Phi) is 6.09. The third-order valence-electron chi connectivity index (χ3n) is 2.60. The number of ether oxygens (including phenoxy) is 2. The molecular weight excluding hydrogens is 334 g/mol. The average Bonchev–Trinajstić information content (AvgIpc) is 2.53. The highest BCUT2D eigenvalue weighted by Crippen LogP contribution is 2.17. The lowest BCUT2D eigenvalue weighted by Crippen LogP contribution is -2.12. The molecule has 4 nitrogen and oxygen atoms in total. The maximum Gasteiger partial charge on any atom is 0.235 e. The Morgan fingerprint density at radius 2 is 1.62 bits per heavy atom. The van der Waals surface area contributed by atoms with Gasteiger partial charge in [0, 0.05) is 11.8 Å². The first-order valence-electron chi connectivity index (χ1n) is 6.54. The molecule has 5 heteroatoms. The van der Waals surface area contributed by atoms with E-state index in [4.69, 9.17) is 9.47 Å². The Morgan fingerprint density at radius 3 is 2.33 bits per heavy atom. The van der Waals surface area contributed by atoms with Crippen molar-refractivity contribution in [2.75, 3.05) is 23.9 Å². The smallest absolute Gasteiger partial charge is 0.235 e. The van der Waals surface area contributed by atoms with Gasteiger partial charge in [-0.1, -0.05) is 40.2 Å². The number of halogens is 1. The van der Waals surface area contributed by atoms with Gasteiger partial charge in [-0.05, 0) is 24.3 Å². The zero-order valence-electron chi connectivity index (χ0n) is 11.4. The lowest BCUT2D eigenvalue weighted by Gasteiger charge is -2.09. The molecule has 110 valence electrons. The molecule has 0 fully saturated rings. The molecule has 0 aliphatic rings. The molecule has 1 N–H and O–H groups in total. The summed E-state index contributed by atoms with van der Waals surface area (Å²) in [7, 11) is 0. The Morgan fingerprint density at radius 1 is 0.952 bits per heavy atom. The minimum atomic E-state index is -0.0976. The fraction of sp³-hybridized carbons (Fsp3) is 0.188. The van der Waals surface area contributed by atoms with Gasteiger partial charge in [-0.25, -0.2) is 0 Å². The summed E-state index contributed by atoms with van der Waals surface area (Å²) in [5, 5.41) is 3.02. The van der Waals surface area contributed by atoms with Crippen LogP contribution >= 0.6 is 15.9 Å². The van der Waals surface area contributed by atoms with Gasteiger partial charge in [-0.3, -0.25) is 4.79 Å². The molecule has 1 amide bonds. The molecule has 21 heavy (non-hydrogen) atoms. The SMILES string of the molecule is O=C(CBr)Nc1cccc(OCCOc2ccccc2)c1. The van der Waals surface area contributed by atoms with E-state index in [0.717, 1.165) is 5.75 Å². The van der Waals surface area contributed by atoms with Gasteiger partial charge in [0.2, 0.25) is 5.91 Å². The van der Waals surface area contributed by atoms with Crippen LogP contribution in [0.15, 0.2) is 54.6 Å². The standard InChI is InChI=1S/C16H16BrNO3/c17-12-16(19)18-13-5-4-8-15(11-13)21-10-9-20-14-6-2-1-3-7-14/h1-8,11H,9-10,12H2,(H,18,19). The van der Waals surface area contributed by atoms with E-state index in [1.165, 1.54) is 0 Å². The molecule has 0 aliphatic heterocycles. The molecular formula is C16H16BrNO3. The monoisotopic (exact) mass is 349 g/mol. The highest BCUT2D eigenvalue weighted by atomic mass is 79.9. The molecule has 2 aromatic rings. The number of carbonyl (C=O) groups excluding carboxylic acids is 1. The minimum absolute atomic E-state index is 0.0976. The van der Waals surface area contributed by atoms with Gasteiger partial charge in [0.1, 0.15) is 24.7 Å². The van der Waals surface area contributed by atoms with Crippen molar-refractivity contribution < 1.29 is 14.3 Å². The molecule has 0 bridgehead atoms. The number of nitrogens with one attached hydrogen (secondary N) is 1. The van der Waals surface area contributed by atoms with Crippen LogP contribution in [0.2, 0.25) is 0 Å². The molecule has 0 atom stereocenters. The number of alkyl halides is 1. The van der Waals surface area contributed by atoms with Crippen molar-refractivity contribution in [3.63, 3.8) is 0 Å². The van der Waals surface area contributed by atoms with Crippen LogP contribution in [0, 0.1) is 0 Å². The van der Waals surface area contributed by atoms with E-state index in [2.05, 4.69) is 21.2 Å². The van der Waals surface area contributed by atoms with Crippen LogP contribution in [0.25, 0.3) is 0 Å². The number of anilines is 1. The Hall–Kier alpha value is -2.01. The van der Waals surface area contributed by atoms with E-state index in [0.29, 0.717) is 24.7 Å². The molecule has 0 aromatic heterocycles. The van der Waals surface area contributed by atoms with Crippen molar-refractivity contribution in [3.05, 3.63) is 54.6 Å². The van der Waals surface area contributed by atoms with Crippen LogP contribution in [0.3, 0.4) is 0 Å². The van der Waals surface area contributed by atoms with Crippen LogP contribution < -0.4 is 14.8 Å². The molecule has 0 unspecified atom stereocenters. The van der Waals surface area contributed by atoms with Gasteiger partial charge < -0.3 is 14.8 Å². The van der Waals surface area contributed by atoms with Gasteiger partial charge in [0.25, 0.3) is 0 Å². The molecule has 0 saturated heterocycles. The second-order valence-corrected chi connectivity index (χ2v) is 4.78. The maximum absolute atomic E-state index is 11.3. The highest BCUT2D eigenvalue weighted by Gasteiger charge is 2.01. The second kappa shape index (κ2) is 8.32. The minimum Gasteiger partial charge on any atom is -0.490 e. The third kappa shape index (κ3) is 5.47. The summed E-state index contributed by atoms with van der Waals surface area (Å²) < 4.78 is 11.1. The van der Waals surface area contributed by atoms with Gasteiger partial charge in [-0.15, -0.1) is 0 Å². The molecule has 2 aromatic carbocycles. The fourth-order valence-corrected chi connectivity index (χ4v) is 1.83. The summed E-state index contributed by atoms with van der Waals surface area (Å²) in [5.74, 6) is 1.41. The number of amides is 1. The summed E-state index contributed by atoms with van der Waals surface area (Å²) in [6, 6.07) is 16.8. The lowest BCUT2D eigenvalue weighted by atomic mass is 10.3. The van der Waals surface area contributed by atoms with Crippen LogP contribution in [-0.2, 0) is 4.79 Å². The van der Waals surface area contributed by atoms with E-state index < -0.39 is 0 Å². The van der Waals surface area contributed by atoms with E-state index >= 15 is 0 Å². The predicted molar refractivity (Wildman–Crippen MR) is 86.3 cm³/mol. The second-order valence-electron chi connectivity index (χ2n) is 4.22. The molecule has 0 heterocycles. The van der Waals surface area contributed by atoms with Crippen molar-refractivity contribution in [2.45, 2.75) is 0 Å². The number of benzene rings is 2. The summed E-state index contributed by atoms with van der Waals surface area (Å²) >= 11 is 3.10. The van der Waals surface area contributed by atoms with Crippen molar-refractivity contribution in [1.29, 1.82) is 0 Å². The quantitative estimate of drug-likeness (QED) is 0.614. The summed E-state index contributed by atoms with van der Waals surface area (Å²) in [4.78, 5) is 11.3. The third-order valence-corrected chi connectivity index (χ3v) is 3.11. The molecule has 0 saturated carbocycles. The molecule has 0 spiro atoms. The zero-order chi connectivity index (χ0) is 14.9. The lowest BCUT2D eigenvalue weighted by molar-refractivity contribution is -0.113. The van der Waals surface area contributed by atoms with Gasteiger partial charge in [-0.2, -0.15) is 0 Å². The van der Waals surface area contributed by atoms with Crippen LogP contribution in [0.1, 0.15) is 0 Å². The fourth-order valence-electron chi connectivity index (χ4n) is 1.69. The normalized spacial score (nSPS) is 9.95. The zero-order valence-corrected chi connectivity index (χ0v) is 13.0. The van der Waals surface area contributed by atoms with E-state index in [1.54, 1.807) is 6.07 Å². The van der Waals surface area contributed by atoms with Crippen LogP contribution in [0.4, 0.5) is 5.69 Å². The number of hydrogen-bond acceptors (Lipinski definition) is 3. The Labute approximate surface area is 132 Å². The summed E-state index contributed by atoms with van der Waals surface area (Å²) in [5.41, 5.74) is 0.709. The van der Waals surface area contributed by atoms with Crippen molar-refractivity contribution >= 4 is 27.5 Å². The average molecular weight is 350 g/mol. The van der Waals surface area contributed by atoms with Crippen LogP contribution in [-0.4, -0.2) is 24.5 Å². The number of carbonyl (C=O) groups is 1. The van der Waals surface area contributed by atoms with Crippen molar-refractivity contribution in [1.82, 2.24) is 0 Å². The predicted octanol–water partition coefficient (Wildman–Crippen LogP) is 3.48. The first-order chi connectivity index (χ1) is 10.3. The largest absolute Gasteiger partial charge is 0.490 e. The van der Waals surface area contributed by atoms with Gasteiger partial charge in [0.05, 0.1) is 5.33 Å². The van der Waals surface area contributed by atoms with Gasteiger partial charge in [0.15, 0.2) is 0 Å². The molecule has 0 aliphatic carbocycles. The maximum atomic E-state index is 11.3. The van der Waals surface area contributed by atoms with E-state index in [-0.39, 0.29) is 11.2 Å². The van der Waals surface area contributed by atoms with Crippen molar-refractivity contribution in [3.8, 4) is 11.5 Å². The highest BCUT2D eigenvalue weighted by molar-refractivity contribution is 9.09. The molecule has 0 radical (unpaired) electrons. The van der Waals surface area contributed by atoms with Gasteiger partial charge >= 0.3 is 0 Å². The summed E-state index contributed by atoms with van der Waals surface area (Å²) in [6.45, 7) is 0.896. The number of para-hydroxylation sites is 1. The number of rotatable bonds is 7. The number of hydrogen-bond donors (Lipinski definition) is 1. The topological polar surface area (TPSA) is 47.6 Å². The van der Waals surface area contributed by atoms with E-state index in [9.17, 15) is 4.79 Å². The first kappa shape index (κ1) is 15.4. The van der Waals surface area contributed by atoms with E-state index in [1.807, 2.05) is 48.5 Å². The summed E-state index contributed by atoms with van der Waals surface area (Å²) in [6.07, 6.45) is 0.